The van der Waals surface area contributed by atoms with Crippen LogP contribution in [-0.4, -0.2) is 0 Å². The maximum absolute atomic E-state index is 6.98. The molecule has 1 aliphatic heterocycles. The summed E-state index contributed by atoms with van der Waals surface area (Å²) in [5.41, 5.74) is 3.77. The minimum atomic E-state index is -0.996. The molecule has 1 aromatic heterocycles. The van der Waals surface area contributed by atoms with E-state index in [1.54, 1.807) is 0 Å². The standard InChI is InChI=1S/C26H15ClNPS/c27-29-20-14-13-15-7-1-2-8-16(15)23(20)24-18-10-4-3-9-17(18)22-19-11-5-6-12-21(19)30-26(22)25(24)28-29/h1-14,28H. The summed E-state index contributed by atoms with van der Waals surface area (Å²) < 4.78 is 2.62. The third-order valence-corrected chi connectivity index (χ3v) is 9.32. The van der Waals surface area contributed by atoms with Crippen molar-refractivity contribution in [1.29, 1.82) is 0 Å². The molecule has 0 radical (unpaired) electrons. The van der Waals surface area contributed by atoms with Gasteiger partial charge in [0.2, 0.25) is 0 Å². The molecule has 2 heterocycles. The third kappa shape index (κ3) is 2.17. The first kappa shape index (κ1) is 17.1. The Morgan fingerprint density at radius 2 is 1.37 bits per heavy atom. The molecular weight excluding hydrogens is 425 g/mol. The van der Waals surface area contributed by atoms with Crippen LogP contribution in [0.4, 0.5) is 5.69 Å². The molecule has 0 saturated heterocycles. The van der Waals surface area contributed by atoms with Gasteiger partial charge in [0.05, 0.1) is 10.4 Å². The number of fused-ring (bicyclic) bond motifs is 12. The Balaban J connectivity index is 1.78. The second-order valence-corrected chi connectivity index (χ2v) is 11.0. The van der Waals surface area contributed by atoms with Crippen LogP contribution < -0.4 is 10.4 Å². The van der Waals surface area contributed by atoms with E-state index in [2.05, 4.69) is 90.0 Å². The highest BCUT2D eigenvalue weighted by atomic mass is 35.7. The first-order valence-corrected chi connectivity index (χ1v) is 13.0. The van der Waals surface area contributed by atoms with Crippen LogP contribution in [0.3, 0.4) is 0 Å². The van der Waals surface area contributed by atoms with Gasteiger partial charge in [0.15, 0.2) is 0 Å². The zero-order valence-electron chi connectivity index (χ0n) is 15.8. The summed E-state index contributed by atoms with van der Waals surface area (Å²) in [6, 6.07) is 30.6. The van der Waals surface area contributed by atoms with Crippen molar-refractivity contribution in [3.05, 3.63) is 84.9 Å². The number of rotatable bonds is 0. The van der Waals surface area contributed by atoms with Gasteiger partial charge in [-0.05, 0) is 27.6 Å². The summed E-state index contributed by atoms with van der Waals surface area (Å²) in [7, 11) is -0.996. The average molecular weight is 440 g/mol. The van der Waals surface area contributed by atoms with Crippen molar-refractivity contribution in [2.75, 3.05) is 5.09 Å². The lowest BCUT2D eigenvalue weighted by atomic mass is 9.90. The molecule has 4 heteroatoms. The molecular formula is C26H15ClNPS. The minimum Gasteiger partial charge on any atom is -0.347 e. The summed E-state index contributed by atoms with van der Waals surface area (Å²) in [5, 5.41) is 12.7. The van der Waals surface area contributed by atoms with E-state index in [0.717, 1.165) is 0 Å². The molecule has 0 bridgehead atoms. The number of anilines is 1. The Labute approximate surface area is 183 Å². The monoisotopic (exact) mass is 439 g/mol. The van der Waals surface area contributed by atoms with Gasteiger partial charge in [0.25, 0.3) is 0 Å². The van der Waals surface area contributed by atoms with Crippen molar-refractivity contribution >= 4 is 82.7 Å². The van der Waals surface area contributed by atoms with Crippen molar-refractivity contribution in [3.8, 4) is 11.1 Å². The largest absolute Gasteiger partial charge is 0.347 e. The van der Waals surface area contributed by atoms with E-state index in [0.29, 0.717) is 0 Å². The highest BCUT2D eigenvalue weighted by Gasteiger charge is 2.29. The first-order valence-electron chi connectivity index (χ1n) is 9.92. The molecule has 1 atom stereocenters. The molecule has 1 nitrogen and oxygen atoms in total. The minimum absolute atomic E-state index is 0.996. The van der Waals surface area contributed by atoms with Crippen molar-refractivity contribution in [3.63, 3.8) is 0 Å². The topological polar surface area (TPSA) is 12.0 Å². The molecule has 0 saturated carbocycles. The normalized spacial score (nSPS) is 15.4. The van der Waals surface area contributed by atoms with Gasteiger partial charge in [-0.25, -0.2) is 0 Å². The smallest absolute Gasteiger partial charge is 0.119 e. The van der Waals surface area contributed by atoms with E-state index in [-0.39, 0.29) is 0 Å². The van der Waals surface area contributed by atoms with Crippen LogP contribution in [0.15, 0.2) is 84.9 Å². The van der Waals surface area contributed by atoms with E-state index in [9.17, 15) is 0 Å². The summed E-state index contributed by atoms with van der Waals surface area (Å²) in [6.45, 7) is 0. The molecule has 1 aliphatic rings. The lowest BCUT2D eigenvalue weighted by Gasteiger charge is -2.28. The van der Waals surface area contributed by atoms with E-state index < -0.39 is 7.43 Å². The molecule has 30 heavy (non-hydrogen) atoms. The van der Waals surface area contributed by atoms with Crippen molar-refractivity contribution in [1.82, 2.24) is 0 Å². The number of hydrogen-bond donors (Lipinski definition) is 1. The molecule has 6 aromatic rings. The van der Waals surface area contributed by atoms with Gasteiger partial charge in [0.1, 0.15) is 7.43 Å². The van der Waals surface area contributed by atoms with Crippen LogP contribution in [0.1, 0.15) is 0 Å². The number of benzene rings is 5. The summed E-state index contributed by atoms with van der Waals surface area (Å²) in [5.74, 6) is 0. The molecule has 0 fully saturated rings. The van der Waals surface area contributed by atoms with E-state index in [4.69, 9.17) is 11.2 Å². The van der Waals surface area contributed by atoms with Gasteiger partial charge in [-0.3, -0.25) is 0 Å². The zero-order chi connectivity index (χ0) is 19.8. The zero-order valence-corrected chi connectivity index (χ0v) is 18.3. The number of nitrogens with one attached hydrogen (secondary N) is 1. The van der Waals surface area contributed by atoms with Crippen LogP contribution in [-0.2, 0) is 0 Å². The van der Waals surface area contributed by atoms with Gasteiger partial charge in [-0.15, -0.1) is 11.3 Å². The Morgan fingerprint density at radius 3 is 2.23 bits per heavy atom. The molecule has 142 valence electrons. The summed E-state index contributed by atoms with van der Waals surface area (Å²) in [4.78, 5) is 0. The molecule has 1 N–H and O–H groups in total. The number of thiophene rings is 1. The molecule has 1 unspecified atom stereocenters. The van der Waals surface area contributed by atoms with Crippen molar-refractivity contribution in [2.24, 2.45) is 0 Å². The van der Waals surface area contributed by atoms with Gasteiger partial charge in [-0.2, -0.15) is 0 Å². The second kappa shape index (κ2) is 6.18. The van der Waals surface area contributed by atoms with Gasteiger partial charge < -0.3 is 5.09 Å². The highest BCUT2D eigenvalue weighted by molar-refractivity contribution is 7.91. The van der Waals surface area contributed by atoms with E-state index in [1.165, 1.54) is 63.8 Å². The predicted octanol–water partition coefficient (Wildman–Crippen LogP) is 8.63. The molecule has 0 spiro atoms. The fourth-order valence-corrected chi connectivity index (χ4v) is 8.02. The Kier molecular flexibility index (Phi) is 3.52. The van der Waals surface area contributed by atoms with Crippen LogP contribution >= 0.6 is 30.0 Å². The van der Waals surface area contributed by atoms with Crippen LogP contribution in [0.25, 0.3) is 52.8 Å². The van der Waals surface area contributed by atoms with E-state index >= 15 is 0 Å². The van der Waals surface area contributed by atoms with Gasteiger partial charge >= 0.3 is 0 Å². The summed E-state index contributed by atoms with van der Waals surface area (Å²) in [6.07, 6.45) is 0. The average Bonchev–Trinajstić information content (AvgIpc) is 3.19. The number of hydrogen-bond acceptors (Lipinski definition) is 2. The van der Waals surface area contributed by atoms with E-state index in [1.807, 2.05) is 11.3 Å². The second-order valence-electron chi connectivity index (χ2n) is 7.67. The molecule has 0 aliphatic carbocycles. The predicted molar refractivity (Wildman–Crippen MR) is 136 cm³/mol. The maximum atomic E-state index is 6.98. The fraction of sp³-hybridized carbons (Fsp3) is 0. The van der Waals surface area contributed by atoms with Gasteiger partial charge in [-0.1, -0.05) is 90.1 Å². The van der Waals surface area contributed by atoms with Crippen LogP contribution in [0.5, 0.6) is 0 Å². The molecule has 0 amide bonds. The highest BCUT2D eigenvalue weighted by Crippen LogP contribution is 2.57. The maximum Gasteiger partial charge on any atom is 0.119 e. The Bertz CT molecular complexity index is 1650. The summed E-state index contributed by atoms with van der Waals surface area (Å²) >= 11 is 8.85. The van der Waals surface area contributed by atoms with Crippen LogP contribution in [0.2, 0.25) is 0 Å². The van der Waals surface area contributed by atoms with Gasteiger partial charge in [0, 0.05) is 31.9 Å². The molecule has 5 aromatic carbocycles. The quantitative estimate of drug-likeness (QED) is 0.233. The SMILES string of the molecule is ClP1Nc2c(c3ccccc3c3c2sc2ccccc23)-c2c1ccc1ccccc21. The Morgan fingerprint density at radius 1 is 0.667 bits per heavy atom. The fourth-order valence-electron chi connectivity index (χ4n) is 4.87. The first-order chi connectivity index (χ1) is 14.8. The third-order valence-electron chi connectivity index (χ3n) is 6.12. The van der Waals surface area contributed by atoms with Crippen molar-refractivity contribution in [2.45, 2.75) is 0 Å². The molecule has 7 rings (SSSR count). The van der Waals surface area contributed by atoms with Crippen molar-refractivity contribution < 1.29 is 0 Å². The lowest BCUT2D eigenvalue weighted by molar-refractivity contribution is 1.71. The lowest BCUT2D eigenvalue weighted by Crippen LogP contribution is -2.14. The van der Waals surface area contributed by atoms with Crippen LogP contribution in [0, 0.1) is 0 Å². The Hall–Kier alpha value is -2.64. The number of halogens is 1.